The standard InChI is InChI=1S/C29H31BrN4O6/c1-4-19-6-10-22(11-7-19)33-26(35)18-40-27-24(30)14-21(15-25(27)39-5-2)17-32-34-29(37)28(36)31-16-20-8-12-23(38-3)13-9-20/h6-15,17H,4-5,16,18H2,1-3H3,(H,31,36)(H,33,35)(H,34,37)/b32-17-. The minimum Gasteiger partial charge on any atom is -0.497 e. The van der Waals surface area contributed by atoms with Crippen molar-refractivity contribution in [1.29, 1.82) is 0 Å². The first-order chi connectivity index (χ1) is 19.3. The van der Waals surface area contributed by atoms with Crippen LogP contribution in [0.5, 0.6) is 17.2 Å². The van der Waals surface area contributed by atoms with Crippen LogP contribution in [-0.4, -0.2) is 44.3 Å². The van der Waals surface area contributed by atoms with Crippen molar-refractivity contribution in [3.05, 3.63) is 81.8 Å². The number of carbonyl (C=O) groups is 3. The Balaban J connectivity index is 1.55. The van der Waals surface area contributed by atoms with Crippen molar-refractivity contribution in [2.45, 2.75) is 26.8 Å². The summed E-state index contributed by atoms with van der Waals surface area (Å²) in [5.74, 6) is -0.645. The van der Waals surface area contributed by atoms with Crippen molar-refractivity contribution in [3.63, 3.8) is 0 Å². The van der Waals surface area contributed by atoms with Gasteiger partial charge in [-0.25, -0.2) is 5.43 Å². The molecule has 40 heavy (non-hydrogen) atoms. The number of rotatable bonds is 12. The minimum absolute atomic E-state index is 0.176. The van der Waals surface area contributed by atoms with Crippen LogP contribution >= 0.6 is 15.9 Å². The number of nitrogens with zero attached hydrogens (tertiary/aromatic N) is 1. The van der Waals surface area contributed by atoms with Crippen molar-refractivity contribution in [2.24, 2.45) is 5.10 Å². The number of hydrazone groups is 1. The van der Waals surface area contributed by atoms with Crippen LogP contribution in [0.15, 0.2) is 70.2 Å². The Kier molecular flexibility index (Phi) is 11.5. The molecular formula is C29H31BrN4O6. The number of carbonyl (C=O) groups excluding carboxylic acids is 3. The number of hydrogen-bond donors (Lipinski definition) is 3. The summed E-state index contributed by atoms with van der Waals surface area (Å²) in [6.45, 7) is 4.17. The van der Waals surface area contributed by atoms with Crippen LogP contribution in [0, 0.1) is 0 Å². The summed E-state index contributed by atoms with van der Waals surface area (Å²) in [6, 6.07) is 18.0. The van der Waals surface area contributed by atoms with Crippen molar-refractivity contribution in [1.82, 2.24) is 10.7 Å². The lowest BCUT2D eigenvalue weighted by molar-refractivity contribution is -0.139. The first-order valence-electron chi connectivity index (χ1n) is 12.5. The summed E-state index contributed by atoms with van der Waals surface area (Å²) < 4.78 is 17.0. The van der Waals surface area contributed by atoms with E-state index in [1.165, 1.54) is 11.8 Å². The maximum absolute atomic E-state index is 12.4. The van der Waals surface area contributed by atoms with Gasteiger partial charge in [-0.05, 0) is 82.4 Å². The van der Waals surface area contributed by atoms with E-state index in [4.69, 9.17) is 14.2 Å². The Labute approximate surface area is 241 Å². The third-order valence-corrected chi connectivity index (χ3v) is 6.11. The van der Waals surface area contributed by atoms with E-state index >= 15 is 0 Å². The van der Waals surface area contributed by atoms with Gasteiger partial charge in [0.25, 0.3) is 5.91 Å². The zero-order valence-electron chi connectivity index (χ0n) is 22.5. The molecule has 3 N–H and O–H groups in total. The van der Waals surface area contributed by atoms with Gasteiger partial charge in [0.2, 0.25) is 0 Å². The van der Waals surface area contributed by atoms with E-state index in [-0.39, 0.29) is 19.1 Å². The van der Waals surface area contributed by atoms with Crippen LogP contribution < -0.4 is 30.3 Å². The molecule has 0 atom stereocenters. The van der Waals surface area contributed by atoms with Gasteiger partial charge in [-0.15, -0.1) is 0 Å². The fourth-order valence-electron chi connectivity index (χ4n) is 3.45. The molecule has 3 aromatic carbocycles. The Morgan fingerprint density at radius 3 is 2.27 bits per heavy atom. The molecule has 3 amide bonds. The van der Waals surface area contributed by atoms with Crippen LogP contribution in [0.25, 0.3) is 0 Å². The van der Waals surface area contributed by atoms with Gasteiger partial charge < -0.3 is 24.8 Å². The lowest BCUT2D eigenvalue weighted by atomic mass is 10.1. The summed E-state index contributed by atoms with van der Waals surface area (Å²) in [7, 11) is 1.57. The Morgan fingerprint density at radius 2 is 1.62 bits per heavy atom. The Morgan fingerprint density at radius 1 is 0.925 bits per heavy atom. The second-order valence-electron chi connectivity index (χ2n) is 8.38. The zero-order chi connectivity index (χ0) is 28.9. The second kappa shape index (κ2) is 15.3. The zero-order valence-corrected chi connectivity index (χ0v) is 24.0. The number of benzene rings is 3. The molecule has 0 heterocycles. The number of aryl methyl sites for hydroxylation is 1. The molecule has 11 heteroatoms. The number of ether oxygens (including phenoxy) is 3. The lowest BCUT2D eigenvalue weighted by Crippen LogP contribution is -2.37. The van der Waals surface area contributed by atoms with Gasteiger partial charge in [-0.2, -0.15) is 5.10 Å². The number of hydrogen-bond acceptors (Lipinski definition) is 7. The summed E-state index contributed by atoms with van der Waals surface area (Å²) in [6.07, 6.45) is 2.28. The van der Waals surface area contributed by atoms with Crippen LogP contribution in [0.1, 0.15) is 30.5 Å². The molecule has 0 aliphatic heterocycles. The molecule has 0 aliphatic carbocycles. The quantitative estimate of drug-likeness (QED) is 0.160. The molecule has 0 unspecified atom stereocenters. The summed E-state index contributed by atoms with van der Waals surface area (Å²) in [5, 5.41) is 9.19. The van der Waals surface area contributed by atoms with E-state index in [1.54, 1.807) is 43.5 Å². The molecule has 210 valence electrons. The van der Waals surface area contributed by atoms with E-state index < -0.39 is 11.8 Å². The molecule has 3 rings (SSSR count). The molecule has 0 fully saturated rings. The summed E-state index contributed by atoms with van der Waals surface area (Å²) >= 11 is 3.44. The van der Waals surface area contributed by atoms with Crippen molar-refractivity contribution >= 4 is 45.6 Å². The first kappa shape index (κ1) is 30.2. The third kappa shape index (κ3) is 9.12. The van der Waals surface area contributed by atoms with Gasteiger partial charge in [-0.3, -0.25) is 14.4 Å². The Hall–Kier alpha value is -4.38. The minimum atomic E-state index is -0.913. The summed E-state index contributed by atoms with van der Waals surface area (Å²) in [5.41, 5.74) is 5.42. The fourth-order valence-corrected chi connectivity index (χ4v) is 4.02. The molecule has 0 aromatic heterocycles. The molecule has 0 bridgehead atoms. The van der Waals surface area contributed by atoms with Crippen LogP contribution in [0.2, 0.25) is 0 Å². The highest BCUT2D eigenvalue weighted by Gasteiger charge is 2.15. The molecule has 0 spiro atoms. The van der Waals surface area contributed by atoms with Crippen LogP contribution in [0.4, 0.5) is 5.69 Å². The lowest BCUT2D eigenvalue weighted by Gasteiger charge is -2.14. The van der Waals surface area contributed by atoms with Crippen molar-refractivity contribution < 1.29 is 28.6 Å². The first-order valence-corrected chi connectivity index (χ1v) is 13.3. The average molecular weight is 611 g/mol. The highest BCUT2D eigenvalue weighted by Crippen LogP contribution is 2.36. The number of anilines is 1. The van der Waals surface area contributed by atoms with Crippen molar-refractivity contribution in [3.8, 4) is 17.2 Å². The van der Waals surface area contributed by atoms with E-state index in [0.717, 1.165) is 12.0 Å². The third-order valence-electron chi connectivity index (χ3n) is 5.52. The largest absolute Gasteiger partial charge is 0.497 e. The summed E-state index contributed by atoms with van der Waals surface area (Å²) in [4.78, 5) is 36.6. The van der Waals surface area contributed by atoms with Crippen LogP contribution in [0.3, 0.4) is 0 Å². The van der Waals surface area contributed by atoms with E-state index in [2.05, 4.69) is 44.0 Å². The van der Waals surface area contributed by atoms with Gasteiger partial charge >= 0.3 is 11.8 Å². The Bertz CT molecular complexity index is 1340. The normalized spacial score (nSPS) is 10.6. The highest BCUT2D eigenvalue weighted by atomic mass is 79.9. The predicted octanol–water partition coefficient (Wildman–Crippen LogP) is 4.20. The van der Waals surface area contributed by atoms with Gasteiger partial charge in [0.1, 0.15) is 5.75 Å². The molecular weight excluding hydrogens is 580 g/mol. The number of methoxy groups -OCH3 is 1. The molecule has 0 aliphatic rings. The SMILES string of the molecule is CCOc1cc(/C=N\NC(=O)C(=O)NCc2ccc(OC)cc2)cc(Br)c1OCC(=O)Nc1ccc(CC)cc1. The van der Waals surface area contributed by atoms with E-state index in [1.807, 2.05) is 31.2 Å². The van der Waals surface area contributed by atoms with Gasteiger partial charge in [0, 0.05) is 12.2 Å². The van der Waals surface area contributed by atoms with Crippen LogP contribution in [-0.2, 0) is 27.3 Å². The van der Waals surface area contributed by atoms with Gasteiger partial charge in [0.15, 0.2) is 18.1 Å². The molecule has 0 saturated heterocycles. The number of amides is 3. The van der Waals surface area contributed by atoms with Gasteiger partial charge in [-0.1, -0.05) is 31.2 Å². The average Bonchev–Trinajstić information content (AvgIpc) is 2.96. The molecule has 0 saturated carbocycles. The van der Waals surface area contributed by atoms with E-state index in [9.17, 15) is 14.4 Å². The fraction of sp³-hybridized carbons (Fsp3) is 0.241. The number of nitrogens with one attached hydrogen (secondary N) is 3. The molecule has 10 nitrogen and oxygen atoms in total. The number of halogens is 1. The van der Waals surface area contributed by atoms with Gasteiger partial charge in [0.05, 0.1) is 24.4 Å². The molecule has 3 aromatic rings. The molecule has 0 radical (unpaired) electrons. The van der Waals surface area contributed by atoms with Crippen molar-refractivity contribution in [2.75, 3.05) is 25.6 Å². The highest BCUT2D eigenvalue weighted by molar-refractivity contribution is 9.10. The predicted molar refractivity (Wildman–Crippen MR) is 156 cm³/mol. The monoisotopic (exact) mass is 610 g/mol. The second-order valence-corrected chi connectivity index (χ2v) is 9.23. The maximum atomic E-state index is 12.4. The van der Waals surface area contributed by atoms with E-state index in [0.29, 0.717) is 39.6 Å². The topological polar surface area (TPSA) is 127 Å². The maximum Gasteiger partial charge on any atom is 0.329 e. The smallest absolute Gasteiger partial charge is 0.329 e.